The van der Waals surface area contributed by atoms with Crippen LogP contribution in [0.15, 0.2) is 48.5 Å². The van der Waals surface area contributed by atoms with E-state index < -0.39 is 5.72 Å². The van der Waals surface area contributed by atoms with Gasteiger partial charge in [-0.05, 0) is 55.7 Å². The molecule has 0 aliphatic carbocycles. The predicted octanol–water partition coefficient (Wildman–Crippen LogP) is 3.26. The normalized spacial score (nSPS) is 22.9. The number of para-hydroxylation sites is 1. The topological polar surface area (TPSA) is 35.7 Å². The SMILES string of the molecule is COc1ccc(C2(O)CN(c3ccccc3C)C3=[N+]2CCCC3)cc1. The Morgan fingerprint density at radius 2 is 1.84 bits per heavy atom. The van der Waals surface area contributed by atoms with Gasteiger partial charge in [-0.2, -0.15) is 0 Å². The second kappa shape index (κ2) is 6.19. The monoisotopic (exact) mass is 337 g/mol. The van der Waals surface area contributed by atoms with Crippen LogP contribution in [-0.4, -0.2) is 35.7 Å². The third-order valence-electron chi connectivity index (χ3n) is 5.44. The lowest BCUT2D eigenvalue weighted by molar-refractivity contribution is -0.661. The van der Waals surface area contributed by atoms with E-state index in [-0.39, 0.29) is 0 Å². The molecule has 4 rings (SSSR count). The number of aliphatic hydroxyl groups is 1. The first-order valence-electron chi connectivity index (χ1n) is 8.97. The summed E-state index contributed by atoms with van der Waals surface area (Å²) in [5.74, 6) is 2.04. The smallest absolute Gasteiger partial charge is 0.271 e. The molecule has 4 nitrogen and oxygen atoms in total. The zero-order valence-electron chi connectivity index (χ0n) is 14.9. The van der Waals surface area contributed by atoms with E-state index >= 15 is 0 Å². The summed E-state index contributed by atoms with van der Waals surface area (Å²) in [5, 5.41) is 11.7. The van der Waals surface area contributed by atoms with Gasteiger partial charge in [0, 0.05) is 12.0 Å². The Kier molecular flexibility index (Phi) is 4.00. The van der Waals surface area contributed by atoms with Crippen LogP contribution in [0, 0.1) is 6.92 Å². The van der Waals surface area contributed by atoms with Gasteiger partial charge in [-0.3, -0.25) is 0 Å². The highest BCUT2D eigenvalue weighted by atomic mass is 16.5. The molecule has 25 heavy (non-hydrogen) atoms. The van der Waals surface area contributed by atoms with Crippen molar-refractivity contribution in [3.63, 3.8) is 0 Å². The van der Waals surface area contributed by atoms with Crippen molar-refractivity contribution in [1.82, 2.24) is 0 Å². The molecular weight excluding hydrogens is 312 g/mol. The van der Waals surface area contributed by atoms with E-state index in [4.69, 9.17) is 4.74 Å². The molecule has 1 N–H and O–H groups in total. The number of amidine groups is 1. The van der Waals surface area contributed by atoms with Crippen LogP contribution in [0.2, 0.25) is 0 Å². The Balaban J connectivity index is 1.79. The van der Waals surface area contributed by atoms with Crippen LogP contribution >= 0.6 is 0 Å². The van der Waals surface area contributed by atoms with Crippen LogP contribution < -0.4 is 9.64 Å². The van der Waals surface area contributed by atoms with Crippen LogP contribution in [0.5, 0.6) is 5.75 Å². The van der Waals surface area contributed by atoms with Gasteiger partial charge in [0.2, 0.25) is 0 Å². The highest BCUT2D eigenvalue weighted by Gasteiger charge is 2.52. The van der Waals surface area contributed by atoms with Crippen molar-refractivity contribution >= 4 is 11.5 Å². The largest absolute Gasteiger partial charge is 0.497 e. The molecule has 2 heterocycles. The van der Waals surface area contributed by atoms with E-state index in [1.807, 2.05) is 24.3 Å². The van der Waals surface area contributed by atoms with E-state index in [1.54, 1.807) is 7.11 Å². The molecule has 1 unspecified atom stereocenters. The van der Waals surface area contributed by atoms with Crippen molar-refractivity contribution in [2.24, 2.45) is 0 Å². The summed E-state index contributed by atoms with van der Waals surface area (Å²) in [5.41, 5.74) is 2.35. The first-order chi connectivity index (χ1) is 12.1. The Morgan fingerprint density at radius 3 is 2.56 bits per heavy atom. The third-order valence-corrected chi connectivity index (χ3v) is 5.44. The fraction of sp³-hybridized carbons (Fsp3) is 0.381. The van der Waals surface area contributed by atoms with Gasteiger partial charge in [0.1, 0.15) is 11.4 Å². The highest BCUT2D eigenvalue weighted by Crippen LogP contribution is 2.37. The molecule has 0 amide bonds. The molecule has 130 valence electrons. The Bertz CT molecular complexity index is 813. The number of nitrogens with zero attached hydrogens (tertiary/aromatic N) is 2. The van der Waals surface area contributed by atoms with Crippen molar-refractivity contribution in [3.05, 3.63) is 59.7 Å². The second-order valence-corrected chi connectivity index (χ2v) is 6.94. The maximum Gasteiger partial charge on any atom is 0.271 e. The van der Waals surface area contributed by atoms with Gasteiger partial charge in [0.15, 0.2) is 6.54 Å². The van der Waals surface area contributed by atoms with Gasteiger partial charge < -0.3 is 9.84 Å². The summed E-state index contributed by atoms with van der Waals surface area (Å²) < 4.78 is 7.47. The van der Waals surface area contributed by atoms with Crippen molar-refractivity contribution in [3.8, 4) is 5.75 Å². The summed E-state index contributed by atoms with van der Waals surface area (Å²) in [6, 6.07) is 16.2. The quantitative estimate of drug-likeness (QED) is 0.873. The number of rotatable bonds is 3. The van der Waals surface area contributed by atoms with Gasteiger partial charge in [0.25, 0.3) is 11.6 Å². The van der Waals surface area contributed by atoms with Gasteiger partial charge >= 0.3 is 0 Å². The van der Waals surface area contributed by atoms with E-state index in [2.05, 4.69) is 40.7 Å². The van der Waals surface area contributed by atoms with E-state index in [9.17, 15) is 5.11 Å². The van der Waals surface area contributed by atoms with Crippen molar-refractivity contribution in [1.29, 1.82) is 0 Å². The third kappa shape index (κ3) is 2.61. The first-order valence-corrected chi connectivity index (χ1v) is 8.97. The van der Waals surface area contributed by atoms with Gasteiger partial charge in [-0.25, -0.2) is 9.48 Å². The van der Waals surface area contributed by atoms with Crippen LogP contribution in [0.1, 0.15) is 30.4 Å². The second-order valence-electron chi connectivity index (χ2n) is 6.94. The molecule has 0 fully saturated rings. The molecule has 4 heteroatoms. The first kappa shape index (κ1) is 16.2. The van der Waals surface area contributed by atoms with E-state index in [0.717, 1.165) is 30.7 Å². The van der Waals surface area contributed by atoms with Gasteiger partial charge in [-0.1, -0.05) is 18.2 Å². The minimum Gasteiger partial charge on any atom is -0.497 e. The molecule has 2 aromatic carbocycles. The highest BCUT2D eigenvalue weighted by molar-refractivity contribution is 5.96. The minimum absolute atomic E-state index is 0.555. The molecule has 2 aromatic rings. The summed E-state index contributed by atoms with van der Waals surface area (Å²) >= 11 is 0. The van der Waals surface area contributed by atoms with Crippen molar-refractivity contribution in [2.45, 2.75) is 31.9 Å². The molecule has 0 aromatic heterocycles. The summed E-state index contributed by atoms with van der Waals surface area (Å²) in [6.45, 7) is 3.58. The number of methoxy groups -OCH3 is 1. The number of hydrogen-bond acceptors (Lipinski definition) is 3. The zero-order valence-corrected chi connectivity index (χ0v) is 14.9. The number of aryl methyl sites for hydroxylation is 1. The lowest BCUT2D eigenvalue weighted by atomic mass is 10.0. The maximum atomic E-state index is 11.7. The molecule has 0 saturated heterocycles. The minimum atomic E-state index is -0.996. The van der Waals surface area contributed by atoms with Crippen LogP contribution in [0.3, 0.4) is 0 Å². The summed E-state index contributed by atoms with van der Waals surface area (Å²) in [6.07, 6.45) is 3.29. The molecule has 0 radical (unpaired) electrons. The molecule has 0 saturated carbocycles. The fourth-order valence-electron chi connectivity index (χ4n) is 4.09. The Morgan fingerprint density at radius 1 is 1.08 bits per heavy atom. The molecule has 2 aliphatic heterocycles. The zero-order chi connectivity index (χ0) is 17.4. The van der Waals surface area contributed by atoms with E-state index in [0.29, 0.717) is 6.54 Å². The fourth-order valence-corrected chi connectivity index (χ4v) is 4.09. The summed E-state index contributed by atoms with van der Waals surface area (Å²) in [7, 11) is 1.66. The predicted molar refractivity (Wildman–Crippen MR) is 99.4 cm³/mol. The van der Waals surface area contributed by atoms with E-state index in [1.165, 1.54) is 23.5 Å². The number of ether oxygens (including phenoxy) is 1. The van der Waals surface area contributed by atoms with Gasteiger partial charge in [0.05, 0.1) is 13.7 Å². The number of hydrogen-bond donors (Lipinski definition) is 1. The van der Waals surface area contributed by atoms with Crippen LogP contribution in [0.25, 0.3) is 0 Å². The Labute approximate surface area is 149 Å². The van der Waals surface area contributed by atoms with Gasteiger partial charge in [-0.15, -0.1) is 0 Å². The molecule has 1 atom stereocenters. The molecule has 0 spiro atoms. The molecular formula is C21H25N2O2+. The lowest BCUT2D eigenvalue weighted by Crippen LogP contribution is -2.41. The van der Waals surface area contributed by atoms with Crippen LogP contribution in [-0.2, 0) is 5.72 Å². The number of benzene rings is 2. The Hall–Kier alpha value is -2.33. The molecule has 2 aliphatic rings. The average Bonchev–Trinajstić information content (AvgIpc) is 2.97. The number of anilines is 1. The average molecular weight is 337 g/mol. The van der Waals surface area contributed by atoms with Crippen molar-refractivity contribution in [2.75, 3.05) is 25.1 Å². The van der Waals surface area contributed by atoms with Crippen LogP contribution in [0.4, 0.5) is 5.69 Å². The lowest BCUT2D eigenvalue weighted by Gasteiger charge is -2.24. The van der Waals surface area contributed by atoms with Crippen molar-refractivity contribution < 1.29 is 14.4 Å². The number of β-amino-alcohol motifs (C(OH)–C–C–N with tert-alkyl or cyclic N) is 1. The molecule has 0 bridgehead atoms. The summed E-state index contributed by atoms with van der Waals surface area (Å²) in [4.78, 5) is 2.30. The maximum absolute atomic E-state index is 11.7. The standard InChI is InChI=1S/C21H25N2O2/c1-16-7-3-4-8-19(16)22-15-21(24,23-14-6-5-9-20(22)23)17-10-12-18(25-2)13-11-17/h3-4,7-8,10-13,24H,5-6,9,14-15H2,1-2H3/q+1.